The van der Waals surface area contributed by atoms with E-state index in [1.54, 1.807) is 0 Å². The van der Waals surface area contributed by atoms with Gasteiger partial charge in [0.05, 0.1) is 11.4 Å². The lowest BCUT2D eigenvalue weighted by atomic mass is 9.96. The zero-order chi connectivity index (χ0) is 26.5. The van der Waals surface area contributed by atoms with Crippen LogP contribution in [0.1, 0.15) is 0 Å². The second kappa shape index (κ2) is 9.11. The van der Waals surface area contributed by atoms with Gasteiger partial charge in [-0.1, -0.05) is 97.1 Å². The van der Waals surface area contributed by atoms with Crippen LogP contribution in [-0.2, 0) is 0 Å². The van der Waals surface area contributed by atoms with E-state index < -0.39 is 0 Å². The van der Waals surface area contributed by atoms with Crippen LogP contribution in [0.25, 0.3) is 72.4 Å². The number of nitrogens with zero attached hydrogens (tertiary/aromatic N) is 2. The zero-order valence-corrected chi connectivity index (χ0v) is 21.7. The Morgan fingerprint density at radius 3 is 1.90 bits per heavy atom. The van der Waals surface area contributed by atoms with Gasteiger partial charge in [-0.15, -0.1) is 0 Å². The summed E-state index contributed by atoms with van der Waals surface area (Å²) in [7, 11) is 0. The molecule has 0 aliphatic carbocycles. The van der Waals surface area contributed by atoms with Crippen LogP contribution in [-0.4, -0.2) is 9.38 Å². The Balaban J connectivity index is 1.22. The summed E-state index contributed by atoms with van der Waals surface area (Å²) in [6.07, 6.45) is 2.08. The van der Waals surface area contributed by atoms with Crippen molar-refractivity contribution >= 4 is 27.6 Å². The van der Waals surface area contributed by atoms with Crippen LogP contribution in [0.2, 0.25) is 0 Å². The number of imidazole rings is 1. The lowest BCUT2D eigenvalue weighted by Crippen LogP contribution is -1.89. The number of aromatic nitrogens is 2. The normalized spacial score (nSPS) is 11.5. The first-order valence-corrected chi connectivity index (χ1v) is 13.5. The Morgan fingerprint density at radius 1 is 0.450 bits per heavy atom. The summed E-state index contributed by atoms with van der Waals surface area (Å²) < 4.78 is 8.33. The molecule has 0 aliphatic rings. The average molecular weight is 513 g/mol. The van der Waals surface area contributed by atoms with Crippen molar-refractivity contribution in [3.05, 3.63) is 146 Å². The molecular weight excluding hydrogens is 488 g/mol. The minimum absolute atomic E-state index is 0.909. The number of hydrogen-bond acceptors (Lipinski definition) is 2. The highest BCUT2D eigenvalue weighted by Gasteiger charge is 2.16. The molecule has 0 bridgehead atoms. The number of furan rings is 1. The zero-order valence-electron chi connectivity index (χ0n) is 21.7. The average Bonchev–Trinajstić information content (AvgIpc) is 3.60. The Bertz CT molecular complexity index is 2170. The number of fused-ring (bicyclic) bond motifs is 4. The molecule has 0 saturated carbocycles. The van der Waals surface area contributed by atoms with Crippen molar-refractivity contribution in [2.45, 2.75) is 0 Å². The van der Waals surface area contributed by atoms with Crippen molar-refractivity contribution < 1.29 is 4.42 Å². The Morgan fingerprint density at radius 2 is 1.07 bits per heavy atom. The SMILES string of the molecule is c1ccc(-c2c(-c3cccc(-c4cccc(-c5ccc6c(c5)oc5ccccc56)c4)c3)nc3ccccn23)cc1. The molecule has 3 aromatic heterocycles. The molecule has 0 N–H and O–H groups in total. The molecule has 40 heavy (non-hydrogen) atoms. The van der Waals surface area contributed by atoms with E-state index in [-0.39, 0.29) is 0 Å². The van der Waals surface area contributed by atoms with Gasteiger partial charge in [-0.2, -0.15) is 0 Å². The predicted octanol–water partition coefficient (Wildman–Crippen LogP) is 9.90. The Hall–Kier alpha value is -5.41. The van der Waals surface area contributed by atoms with Gasteiger partial charge in [0.25, 0.3) is 0 Å². The van der Waals surface area contributed by atoms with Crippen LogP contribution in [0.3, 0.4) is 0 Å². The minimum atomic E-state index is 0.909. The van der Waals surface area contributed by atoms with Gasteiger partial charge in [0.15, 0.2) is 0 Å². The molecule has 0 unspecified atom stereocenters. The topological polar surface area (TPSA) is 30.4 Å². The van der Waals surface area contributed by atoms with Crippen LogP contribution < -0.4 is 0 Å². The quantitative estimate of drug-likeness (QED) is 0.235. The summed E-state index contributed by atoms with van der Waals surface area (Å²) in [5, 5.41) is 2.29. The van der Waals surface area contributed by atoms with Crippen molar-refractivity contribution in [3.8, 4) is 44.8 Å². The minimum Gasteiger partial charge on any atom is -0.456 e. The summed E-state index contributed by atoms with van der Waals surface area (Å²) in [4.78, 5) is 5.06. The molecule has 0 fully saturated rings. The van der Waals surface area contributed by atoms with Gasteiger partial charge in [0, 0.05) is 28.1 Å². The van der Waals surface area contributed by atoms with E-state index in [1.165, 1.54) is 0 Å². The molecule has 3 heterocycles. The molecule has 3 nitrogen and oxygen atoms in total. The number of pyridine rings is 1. The smallest absolute Gasteiger partial charge is 0.137 e. The predicted molar refractivity (Wildman–Crippen MR) is 164 cm³/mol. The highest BCUT2D eigenvalue weighted by molar-refractivity contribution is 6.05. The van der Waals surface area contributed by atoms with Crippen LogP contribution in [0, 0.1) is 0 Å². The maximum Gasteiger partial charge on any atom is 0.137 e. The van der Waals surface area contributed by atoms with Crippen LogP contribution in [0.4, 0.5) is 0 Å². The lowest BCUT2D eigenvalue weighted by molar-refractivity contribution is 0.669. The monoisotopic (exact) mass is 512 g/mol. The first-order valence-electron chi connectivity index (χ1n) is 13.5. The second-order valence-corrected chi connectivity index (χ2v) is 10.1. The van der Waals surface area contributed by atoms with Gasteiger partial charge >= 0.3 is 0 Å². The molecule has 0 spiro atoms. The molecule has 0 radical (unpaired) electrons. The molecule has 3 heteroatoms. The molecule has 0 saturated heterocycles. The van der Waals surface area contributed by atoms with E-state index in [0.29, 0.717) is 0 Å². The maximum atomic E-state index is 6.16. The van der Waals surface area contributed by atoms with Crippen LogP contribution >= 0.6 is 0 Å². The van der Waals surface area contributed by atoms with Gasteiger partial charge < -0.3 is 4.42 Å². The van der Waals surface area contributed by atoms with Crippen molar-refractivity contribution in [2.75, 3.05) is 0 Å². The molecule has 0 amide bonds. The molecule has 8 aromatic rings. The molecular formula is C37H24N2O. The third kappa shape index (κ3) is 3.71. The molecule has 188 valence electrons. The van der Waals surface area contributed by atoms with E-state index in [1.807, 2.05) is 24.3 Å². The molecule has 0 aliphatic heterocycles. The van der Waals surface area contributed by atoms with E-state index in [2.05, 4.69) is 126 Å². The van der Waals surface area contributed by atoms with Gasteiger partial charge in [-0.05, 0) is 64.7 Å². The van der Waals surface area contributed by atoms with Crippen LogP contribution in [0.5, 0.6) is 0 Å². The number of rotatable bonds is 4. The van der Waals surface area contributed by atoms with Gasteiger partial charge in [-0.25, -0.2) is 4.98 Å². The maximum absolute atomic E-state index is 6.16. The summed E-state index contributed by atoms with van der Waals surface area (Å²) in [6, 6.07) is 48.7. The fraction of sp³-hybridized carbons (Fsp3) is 0. The summed E-state index contributed by atoms with van der Waals surface area (Å²) in [5.41, 5.74) is 11.7. The van der Waals surface area contributed by atoms with Gasteiger partial charge in [0.2, 0.25) is 0 Å². The van der Waals surface area contributed by atoms with E-state index in [4.69, 9.17) is 9.40 Å². The Kier molecular flexibility index (Phi) is 5.14. The number of hydrogen-bond donors (Lipinski definition) is 0. The van der Waals surface area contributed by atoms with E-state index in [0.717, 1.165) is 72.4 Å². The Labute approximate surface area is 231 Å². The fourth-order valence-corrected chi connectivity index (χ4v) is 5.70. The van der Waals surface area contributed by atoms with Gasteiger partial charge in [-0.3, -0.25) is 4.40 Å². The fourth-order valence-electron chi connectivity index (χ4n) is 5.70. The van der Waals surface area contributed by atoms with Crippen molar-refractivity contribution in [3.63, 3.8) is 0 Å². The largest absolute Gasteiger partial charge is 0.456 e. The standard InChI is InChI=1S/C37H24N2O/c1-2-10-25(11-3-1)37-36(38-35-18-6-7-21-39(35)37)30-15-9-14-28(23-30)26-12-8-13-27(22-26)29-19-20-32-31-16-4-5-17-33(31)40-34(32)24-29/h1-24H. The summed E-state index contributed by atoms with van der Waals surface area (Å²) >= 11 is 0. The number of benzene rings is 5. The van der Waals surface area contributed by atoms with E-state index >= 15 is 0 Å². The van der Waals surface area contributed by atoms with Crippen LogP contribution in [0.15, 0.2) is 150 Å². The third-order valence-corrected chi connectivity index (χ3v) is 7.62. The summed E-state index contributed by atoms with van der Waals surface area (Å²) in [6.45, 7) is 0. The van der Waals surface area contributed by atoms with Crippen molar-refractivity contribution in [2.24, 2.45) is 0 Å². The highest BCUT2D eigenvalue weighted by Crippen LogP contribution is 2.36. The second-order valence-electron chi connectivity index (χ2n) is 10.1. The molecule has 0 atom stereocenters. The summed E-state index contributed by atoms with van der Waals surface area (Å²) in [5.74, 6) is 0. The first kappa shape index (κ1) is 22.6. The van der Waals surface area contributed by atoms with Gasteiger partial charge in [0.1, 0.15) is 16.8 Å². The third-order valence-electron chi connectivity index (χ3n) is 7.62. The van der Waals surface area contributed by atoms with E-state index in [9.17, 15) is 0 Å². The molecule has 5 aromatic carbocycles. The van der Waals surface area contributed by atoms with Crippen molar-refractivity contribution in [1.82, 2.24) is 9.38 Å². The highest BCUT2D eigenvalue weighted by atomic mass is 16.3. The molecule has 8 rings (SSSR count). The lowest BCUT2D eigenvalue weighted by Gasteiger charge is -2.09. The number of para-hydroxylation sites is 1. The van der Waals surface area contributed by atoms with Crippen molar-refractivity contribution in [1.29, 1.82) is 0 Å². The first-order chi connectivity index (χ1) is 19.8.